The van der Waals surface area contributed by atoms with Crippen LogP contribution in [0.25, 0.3) is 0 Å². The second-order valence-electron chi connectivity index (χ2n) is 9.20. The lowest BCUT2D eigenvalue weighted by molar-refractivity contribution is -0.137. The van der Waals surface area contributed by atoms with Crippen LogP contribution in [0.3, 0.4) is 0 Å². The first-order chi connectivity index (χ1) is 16.9. The summed E-state index contributed by atoms with van der Waals surface area (Å²) in [5.41, 5.74) is 4.76. The fraction of sp³-hybridized carbons (Fsp3) is 0.407. The number of benzene rings is 1. The number of unbranched alkanes of at least 4 members (excludes halogenated alkanes) is 1. The quantitative estimate of drug-likeness (QED) is 0.396. The summed E-state index contributed by atoms with van der Waals surface area (Å²) in [5, 5.41) is 15.7. The van der Waals surface area contributed by atoms with E-state index >= 15 is 0 Å². The zero-order valence-corrected chi connectivity index (χ0v) is 21.1. The van der Waals surface area contributed by atoms with Gasteiger partial charge in [0, 0.05) is 43.2 Å². The summed E-state index contributed by atoms with van der Waals surface area (Å²) in [6, 6.07) is 11.6. The van der Waals surface area contributed by atoms with Gasteiger partial charge in [-0.2, -0.15) is 0 Å². The Kier molecular flexibility index (Phi) is 8.13. The number of aromatic nitrogens is 2. The van der Waals surface area contributed by atoms with E-state index in [1.807, 2.05) is 11.4 Å². The normalized spacial score (nSPS) is 13.5. The zero-order chi connectivity index (χ0) is 24.8. The molecule has 1 amide bonds. The molecule has 3 heterocycles. The Morgan fingerprint density at radius 1 is 1.11 bits per heavy atom. The predicted molar refractivity (Wildman–Crippen MR) is 138 cm³/mol. The van der Waals surface area contributed by atoms with Gasteiger partial charge in [0.25, 0.3) is 5.91 Å². The van der Waals surface area contributed by atoms with Crippen molar-refractivity contribution in [2.75, 3.05) is 26.0 Å². The summed E-state index contributed by atoms with van der Waals surface area (Å²) in [6.45, 7) is 0.995. The van der Waals surface area contributed by atoms with Gasteiger partial charge in [-0.15, -0.1) is 11.3 Å². The number of carboxylic acids is 1. The molecule has 1 aliphatic rings. The predicted octanol–water partition coefficient (Wildman–Crippen LogP) is 4.77. The highest BCUT2D eigenvalue weighted by Crippen LogP contribution is 2.31. The third kappa shape index (κ3) is 6.45. The van der Waals surface area contributed by atoms with Gasteiger partial charge in [-0.05, 0) is 67.9 Å². The number of carbonyl (C=O) groups is 2. The second-order valence-corrected chi connectivity index (χ2v) is 10.1. The molecule has 7 nitrogen and oxygen atoms in total. The number of pyridine rings is 1. The van der Waals surface area contributed by atoms with E-state index in [0.717, 1.165) is 72.8 Å². The number of amides is 1. The van der Waals surface area contributed by atoms with Crippen molar-refractivity contribution in [2.24, 2.45) is 0 Å². The first kappa shape index (κ1) is 24.9. The number of aryl methyl sites for hydroxylation is 3. The molecule has 2 aromatic heterocycles. The largest absolute Gasteiger partial charge is 0.481 e. The zero-order valence-electron chi connectivity index (χ0n) is 20.3. The first-order valence-corrected chi connectivity index (χ1v) is 13.0. The number of hydrogen-bond acceptors (Lipinski definition) is 6. The number of fused-ring (bicyclic) bond motifs is 1. The molecule has 35 heavy (non-hydrogen) atoms. The minimum Gasteiger partial charge on any atom is -0.481 e. The summed E-state index contributed by atoms with van der Waals surface area (Å²) in [5.74, 6) is -0.333. The number of carboxylic acid groups (broad SMARTS) is 1. The number of anilines is 1. The fourth-order valence-corrected chi connectivity index (χ4v) is 5.37. The lowest BCUT2D eigenvalue weighted by Crippen LogP contribution is -2.22. The van der Waals surface area contributed by atoms with E-state index in [4.69, 9.17) is 9.97 Å². The van der Waals surface area contributed by atoms with Gasteiger partial charge in [-0.1, -0.05) is 18.2 Å². The minimum atomic E-state index is -0.886. The Morgan fingerprint density at radius 2 is 1.91 bits per heavy atom. The number of thiazole rings is 1. The molecule has 8 heteroatoms. The van der Waals surface area contributed by atoms with E-state index < -0.39 is 5.97 Å². The van der Waals surface area contributed by atoms with Crippen molar-refractivity contribution in [3.8, 4) is 0 Å². The smallest absolute Gasteiger partial charge is 0.304 e. The van der Waals surface area contributed by atoms with Gasteiger partial charge in [0.1, 0.15) is 10.8 Å². The highest BCUT2D eigenvalue weighted by molar-refractivity contribution is 7.09. The molecular weight excluding hydrogens is 460 g/mol. The molecule has 0 bridgehead atoms. The number of aliphatic carboxylic acids is 1. The van der Waals surface area contributed by atoms with Crippen LogP contribution in [0.5, 0.6) is 0 Å². The number of hydrogen-bond donors (Lipinski definition) is 2. The van der Waals surface area contributed by atoms with Gasteiger partial charge in [-0.3, -0.25) is 9.59 Å². The van der Waals surface area contributed by atoms with Crippen LogP contribution < -0.4 is 5.32 Å². The van der Waals surface area contributed by atoms with E-state index in [0.29, 0.717) is 5.56 Å². The Hall–Kier alpha value is -3.26. The molecule has 1 atom stereocenters. The minimum absolute atomic E-state index is 0.0649. The molecule has 0 radical (unpaired) electrons. The molecule has 4 rings (SSSR count). The molecule has 184 valence electrons. The Labute approximate surface area is 210 Å². The Bertz CT molecular complexity index is 1190. The van der Waals surface area contributed by atoms with Gasteiger partial charge < -0.3 is 15.3 Å². The van der Waals surface area contributed by atoms with Gasteiger partial charge in [0.15, 0.2) is 0 Å². The molecular formula is C27H32N4O3S. The molecule has 0 spiro atoms. The first-order valence-electron chi connectivity index (χ1n) is 12.1. The van der Waals surface area contributed by atoms with Crippen LogP contribution in [0, 0.1) is 0 Å². The monoisotopic (exact) mass is 492 g/mol. The van der Waals surface area contributed by atoms with Crippen LogP contribution >= 0.6 is 11.3 Å². The van der Waals surface area contributed by atoms with Crippen molar-refractivity contribution in [2.45, 2.75) is 50.9 Å². The number of nitrogens with zero attached hydrogens (tertiary/aromatic N) is 3. The topological polar surface area (TPSA) is 95.4 Å². The van der Waals surface area contributed by atoms with Crippen molar-refractivity contribution in [1.82, 2.24) is 14.9 Å². The van der Waals surface area contributed by atoms with Crippen LogP contribution in [0.2, 0.25) is 0 Å². The van der Waals surface area contributed by atoms with Gasteiger partial charge >= 0.3 is 5.97 Å². The maximum absolute atomic E-state index is 12.4. The summed E-state index contributed by atoms with van der Waals surface area (Å²) in [7, 11) is 3.41. The van der Waals surface area contributed by atoms with Crippen molar-refractivity contribution in [3.63, 3.8) is 0 Å². The van der Waals surface area contributed by atoms with Gasteiger partial charge in [0.05, 0.1) is 12.1 Å². The highest BCUT2D eigenvalue weighted by atomic mass is 32.1. The molecule has 0 aliphatic carbocycles. The molecule has 0 fully saturated rings. The highest BCUT2D eigenvalue weighted by Gasteiger charge is 2.22. The van der Waals surface area contributed by atoms with E-state index in [1.54, 1.807) is 32.3 Å². The Morgan fingerprint density at radius 3 is 2.69 bits per heavy atom. The van der Waals surface area contributed by atoms with Gasteiger partial charge in [0.2, 0.25) is 0 Å². The van der Waals surface area contributed by atoms with Crippen molar-refractivity contribution < 1.29 is 14.7 Å². The van der Waals surface area contributed by atoms with E-state index in [-0.39, 0.29) is 18.2 Å². The second kappa shape index (κ2) is 11.4. The summed E-state index contributed by atoms with van der Waals surface area (Å²) >= 11 is 1.49. The van der Waals surface area contributed by atoms with E-state index in [2.05, 4.69) is 17.4 Å². The number of carbonyl (C=O) groups excluding carboxylic acids is 1. The lowest BCUT2D eigenvalue weighted by atomic mass is 9.94. The maximum atomic E-state index is 12.4. The maximum Gasteiger partial charge on any atom is 0.304 e. The fourth-order valence-electron chi connectivity index (χ4n) is 4.39. The van der Waals surface area contributed by atoms with Gasteiger partial charge in [-0.25, -0.2) is 9.97 Å². The number of nitrogens with one attached hydrogen (secondary N) is 1. The van der Waals surface area contributed by atoms with Crippen LogP contribution in [0.1, 0.15) is 69.5 Å². The molecule has 1 aromatic carbocycles. The van der Waals surface area contributed by atoms with Crippen molar-refractivity contribution >= 4 is 29.0 Å². The molecule has 2 N–H and O–H groups in total. The van der Waals surface area contributed by atoms with E-state index in [9.17, 15) is 14.7 Å². The number of rotatable bonds is 10. The summed E-state index contributed by atoms with van der Waals surface area (Å²) in [6.07, 6.45) is 5.98. The van der Waals surface area contributed by atoms with Crippen LogP contribution in [-0.4, -0.2) is 52.5 Å². The molecule has 0 saturated heterocycles. The average Bonchev–Trinajstić information content (AvgIpc) is 3.33. The molecule has 1 unspecified atom stereocenters. The molecule has 0 saturated carbocycles. The lowest BCUT2D eigenvalue weighted by Gasteiger charge is -2.17. The SMILES string of the molecule is CN(C)C(=O)c1cccc(C(CC(=O)O)c2nc(CCCCc3ccc4c(n3)NCCC4)cs2)c1. The van der Waals surface area contributed by atoms with Crippen molar-refractivity contribution in [1.29, 1.82) is 0 Å². The molecule has 1 aliphatic heterocycles. The standard InChI is InChI=1S/C27H32N4O3S/c1-31(2)27(34)20-8-5-7-19(15-20)23(16-24(32)33)26-30-22(17-35-26)11-4-3-10-21-13-12-18-9-6-14-28-25(18)29-21/h5,7-8,12-13,15,17,23H,3-4,6,9-11,14,16H2,1-2H3,(H,28,29)(H,32,33). The Balaban J connectivity index is 1.38. The van der Waals surface area contributed by atoms with Crippen LogP contribution in [-0.2, 0) is 24.1 Å². The average molecular weight is 493 g/mol. The van der Waals surface area contributed by atoms with Crippen LogP contribution in [0.15, 0.2) is 41.8 Å². The van der Waals surface area contributed by atoms with E-state index in [1.165, 1.54) is 21.8 Å². The van der Waals surface area contributed by atoms with Crippen molar-refractivity contribution in [3.05, 3.63) is 74.9 Å². The van der Waals surface area contributed by atoms with Crippen LogP contribution in [0.4, 0.5) is 5.82 Å². The third-order valence-electron chi connectivity index (χ3n) is 6.26. The third-order valence-corrected chi connectivity index (χ3v) is 7.26. The summed E-state index contributed by atoms with van der Waals surface area (Å²) in [4.78, 5) is 35.1. The molecule has 3 aromatic rings. The summed E-state index contributed by atoms with van der Waals surface area (Å²) < 4.78 is 0.